The number of nitrogens with one attached hydrogen (secondary N) is 1. The molecule has 1 aromatic carbocycles. The number of carbonyl (C=O) groups excluding carboxylic acids is 1. The van der Waals surface area contributed by atoms with Gasteiger partial charge in [0.1, 0.15) is 5.52 Å². The molecule has 1 amide bonds. The maximum absolute atomic E-state index is 14.1. The van der Waals surface area contributed by atoms with Gasteiger partial charge < -0.3 is 14.3 Å². The van der Waals surface area contributed by atoms with Crippen molar-refractivity contribution >= 4 is 17.0 Å². The number of halogens is 4. The molecule has 0 spiro atoms. The van der Waals surface area contributed by atoms with Gasteiger partial charge in [-0.25, -0.2) is 19.0 Å². The van der Waals surface area contributed by atoms with Gasteiger partial charge in [-0.15, -0.1) is 5.10 Å². The number of alkyl halides is 3. The molecule has 0 saturated carbocycles. The van der Waals surface area contributed by atoms with Crippen molar-refractivity contribution in [3.63, 3.8) is 0 Å². The molecule has 160 valence electrons. The highest BCUT2D eigenvalue weighted by molar-refractivity contribution is 5.91. The van der Waals surface area contributed by atoms with Crippen LogP contribution in [0.15, 0.2) is 28.9 Å². The van der Waals surface area contributed by atoms with E-state index in [1.54, 1.807) is 6.07 Å². The molecule has 1 aliphatic heterocycles. The number of benzene rings is 1. The van der Waals surface area contributed by atoms with Crippen molar-refractivity contribution in [3.8, 4) is 0 Å². The molecular formula is C18H13F4N7O2. The summed E-state index contributed by atoms with van der Waals surface area (Å²) < 4.78 is 59.5. The summed E-state index contributed by atoms with van der Waals surface area (Å²) in [5.74, 6) is -3.38. The van der Waals surface area contributed by atoms with Crippen molar-refractivity contribution < 1.29 is 26.8 Å². The fourth-order valence-corrected chi connectivity index (χ4v) is 3.61. The summed E-state index contributed by atoms with van der Waals surface area (Å²) in [5, 5.41) is 3.30. The number of aromatic amines is 1. The quantitative estimate of drug-likeness (QED) is 0.486. The Morgan fingerprint density at radius 2 is 2.10 bits per heavy atom. The summed E-state index contributed by atoms with van der Waals surface area (Å²) in [4.78, 5) is 29.3. The molecular weight excluding hydrogens is 422 g/mol. The van der Waals surface area contributed by atoms with Gasteiger partial charge in [0, 0.05) is 25.7 Å². The molecule has 1 aliphatic rings. The third-order valence-electron chi connectivity index (χ3n) is 5.01. The van der Waals surface area contributed by atoms with E-state index < -0.39 is 35.6 Å². The normalized spacial score (nSPS) is 16.7. The Bertz CT molecular complexity index is 1310. The minimum absolute atomic E-state index is 0.0142. The Morgan fingerprint density at radius 1 is 1.29 bits per heavy atom. The molecule has 1 atom stereocenters. The van der Waals surface area contributed by atoms with Crippen LogP contribution in [0.3, 0.4) is 0 Å². The molecule has 0 fully saturated rings. The number of imidazole rings is 1. The number of amides is 1. The highest BCUT2D eigenvalue weighted by Gasteiger charge is 2.42. The van der Waals surface area contributed by atoms with E-state index in [-0.39, 0.29) is 23.5 Å². The van der Waals surface area contributed by atoms with Crippen LogP contribution in [0.1, 0.15) is 39.8 Å². The van der Waals surface area contributed by atoms with Crippen molar-refractivity contribution in [2.45, 2.75) is 18.6 Å². The van der Waals surface area contributed by atoms with Gasteiger partial charge in [-0.2, -0.15) is 18.2 Å². The number of para-hydroxylation sites is 1. The molecule has 0 unspecified atom stereocenters. The van der Waals surface area contributed by atoms with E-state index in [4.69, 9.17) is 4.42 Å². The number of hydrogen-bond donors (Lipinski definition) is 1. The van der Waals surface area contributed by atoms with Crippen LogP contribution in [0.4, 0.5) is 17.6 Å². The number of carbonyl (C=O) groups is 1. The fourth-order valence-electron chi connectivity index (χ4n) is 3.61. The first-order valence-electron chi connectivity index (χ1n) is 9.10. The second-order valence-corrected chi connectivity index (χ2v) is 6.94. The van der Waals surface area contributed by atoms with Crippen molar-refractivity contribution in [2.75, 3.05) is 6.54 Å². The second kappa shape index (κ2) is 6.62. The van der Waals surface area contributed by atoms with Crippen molar-refractivity contribution in [3.05, 3.63) is 59.3 Å². The number of rotatable bonds is 2. The first kappa shape index (κ1) is 19.2. The minimum atomic E-state index is -4.80. The Morgan fingerprint density at radius 3 is 2.81 bits per heavy atom. The first-order chi connectivity index (χ1) is 14.7. The molecule has 4 aromatic rings. The third kappa shape index (κ3) is 3.04. The molecule has 5 rings (SSSR count). The van der Waals surface area contributed by atoms with Crippen LogP contribution in [0.5, 0.6) is 0 Å². The molecule has 31 heavy (non-hydrogen) atoms. The van der Waals surface area contributed by atoms with Crippen LogP contribution < -0.4 is 0 Å². The van der Waals surface area contributed by atoms with Crippen molar-refractivity contribution in [2.24, 2.45) is 7.05 Å². The van der Waals surface area contributed by atoms with E-state index in [0.29, 0.717) is 17.8 Å². The van der Waals surface area contributed by atoms with Crippen molar-refractivity contribution in [1.82, 2.24) is 34.6 Å². The largest absolute Gasteiger partial charge is 0.453 e. The standard InChI is InChI=1S/C18H13F4N7O2/c1-28-14(26-17(27-28)18(20,21)22)16(30)29-6-5-9-11(24-7-23-9)12(29)15-25-10-4-2-3-8(19)13(10)31-15/h2-4,7,12H,5-6H2,1H3,(H,23,24)/t12-/m0/s1. The lowest BCUT2D eigenvalue weighted by Crippen LogP contribution is -2.42. The Balaban J connectivity index is 1.61. The highest BCUT2D eigenvalue weighted by Crippen LogP contribution is 2.36. The summed E-state index contributed by atoms with van der Waals surface area (Å²) in [6.45, 7) is 0.119. The maximum Gasteiger partial charge on any atom is 0.453 e. The van der Waals surface area contributed by atoms with E-state index in [1.165, 1.54) is 30.4 Å². The van der Waals surface area contributed by atoms with Gasteiger partial charge in [0.05, 0.1) is 12.0 Å². The number of aryl methyl sites for hydroxylation is 1. The second-order valence-electron chi connectivity index (χ2n) is 6.94. The SMILES string of the molecule is Cn1nc(C(F)(F)F)nc1C(=O)N1CCc2[nH]cnc2[C@H]1c1nc2cccc(F)c2o1. The lowest BCUT2D eigenvalue weighted by molar-refractivity contribution is -0.144. The summed E-state index contributed by atoms with van der Waals surface area (Å²) in [6, 6.07) is 3.23. The van der Waals surface area contributed by atoms with E-state index in [2.05, 4.69) is 25.0 Å². The zero-order valence-corrected chi connectivity index (χ0v) is 15.8. The Kier molecular flexibility index (Phi) is 4.10. The van der Waals surface area contributed by atoms with Gasteiger partial charge in [-0.3, -0.25) is 4.79 Å². The summed E-state index contributed by atoms with van der Waals surface area (Å²) in [6.07, 6.45) is -3.00. The van der Waals surface area contributed by atoms with Crippen molar-refractivity contribution in [1.29, 1.82) is 0 Å². The first-order valence-corrected chi connectivity index (χ1v) is 9.10. The zero-order chi connectivity index (χ0) is 21.9. The Labute approximate surface area is 170 Å². The average Bonchev–Trinajstić information content (AvgIpc) is 3.44. The molecule has 0 saturated heterocycles. The Hall–Kier alpha value is -3.77. The van der Waals surface area contributed by atoms with Crippen LogP contribution in [-0.2, 0) is 19.6 Å². The van der Waals surface area contributed by atoms with E-state index in [1.807, 2.05) is 0 Å². The van der Waals surface area contributed by atoms with Gasteiger partial charge in [-0.05, 0) is 12.1 Å². The summed E-state index contributed by atoms with van der Waals surface area (Å²) in [7, 11) is 1.20. The average molecular weight is 435 g/mol. The van der Waals surface area contributed by atoms with E-state index in [0.717, 1.165) is 4.68 Å². The van der Waals surface area contributed by atoms with Crippen LogP contribution in [0.25, 0.3) is 11.1 Å². The van der Waals surface area contributed by atoms with Gasteiger partial charge >= 0.3 is 6.18 Å². The number of nitrogens with zero attached hydrogens (tertiary/aromatic N) is 6. The van der Waals surface area contributed by atoms with Gasteiger partial charge in [0.2, 0.25) is 11.7 Å². The van der Waals surface area contributed by atoms with Crippen LogP contribution in [0.2, 0.25) is 0 Å². The molecule has 3 aromatic heterocycles. The van der Waals surface area contributed by atoms with Gasteiger partial charge in [0.15, 0.2) is 17.4 Å². The predicted molar refractivity (Wildman–Crippen MR) is 95.1 cm³/mol. The van der Waals surface area contributed by atoms with Crippen LogP contribution in [0, 0.1) is 5.82 Å². The fraction of sp³-hybridized carbons (Fsp3) is 0.278. The molecule has 9 nitrogen and oxygen atoms in total. The lowest BCUT2D eigenvalue weighted by Gasteiger charge is -2.32. The highest BCUT2D eigenvalue weighted by atomic mass is 19.4. The summed E-state index contributed by atoms with van der Waals surface area (Å²) >= 11 is 0. The van der Waals surface area contributed by atoms with Crippen LogP contribution >= 0.6 is 0 Å². The molecule has 0 bridgehead atoms. The topological polar surface area (TPSA) is 106 Å². The number of aromatic nitrogens is 6. The lowest BCUT2D eigenvalue weighted by atomic mass is 10.0. The third-order valence-corrected chi connectivity index (χ3v) is 5.01. The summed E-state index contributed by atoms with van der Waals surface area (Å²) in [5.41, 5.74) is 1.27. The van der Waals surface area contributed by atoms with E-state index >= 15 is 0 Å². The number of hydrogen-bond acceptors (Lipinski definition) is 6. The number of fused-ring (bicyclic) bond motifs is 2. The van der Waals surface area contributed by atoms with E-state index in [9.17, 15) is 22.4 Å². The zero-order valence-electron chi connectivity index (χ0n) is 15.8. The van der Waals surface area contributed by atoms with Gasteiger partial charge in [-0.1, -0.05) is 6.07 Å². The molecule has 1 N–H and O–H groups in total. The predicted octanol–water partition coefficient (Wildman–Crippen LogP) is 2.63. The van der Waals surface area contributed by atoms with Gasteiger partial charge in [0.25, 0.3) is 11.7 Å². The van der Waals surface area contributed by atoms with Crippen LogP contribution in [-0.4, -0.2) is 47.1 Å². The number of oxazole rings is 1. The number of H-pyrrole nitrogens is 1. The molecule has 4 heterocycles. The maximum atomic E-state index is 14.1. The molecule has 0 aliphatic carbocycles. The minimum Gasteiger partial charge on any atom is -0.435 e. The monoisotopic (exact) mass is 435 g/mol. The molecule has 13 heteroatoms. The molecule has 0 radical (unpaired) electrons. The smallest absolute Gasteiger partial charge is 0.435 e.